The van der Waals surface area contributed by atoms with Crippen molar-refractivity contribution in [1.29, 1.82) is 0 Å². The first-order valence-electron chi connectivity index (χ1n) is 17.3. The van der Waals surface area contributed by atoms with E-state index >= 15 is 0 Å². The van der Waals surface area contributed by atoms with Gasteiger partial charge in [0.25, 0.3) is 0 Å². The van der Waals surface area contributed by atoms with Gasteiger partial charge in [0.2, 0.25) is 0 Å². The van der Waals surface area contributed by atoms with E-state index in [1.165, 1.54) is 77.2 Å². The van der Waals surface area contributed by atoms with Crippen molar-refractivity contribution >= 4 is 58.5 Å². The molecule has 2 aliphatic rings. The number of fused-ring (bicyclic) bond motifs is 4. The molecule has 0 nitrogen and oxygen atoms in total. The zero-order valence-corrected chi connectivity index (χ0v) is 32.1. The van der Waals surface area contributed by atoms with E-state index in [-0.39, 0.29) is 8.45 Å². The molecule has 0 fully saturated rings. The molecule has 0 bridgehead atoms. The van der Waals surface area contributed by atoms with E-state index in [0.29, 0.717) is 0 Å². The molecule has 238 valence electrons. The van der Waals surface area contributed by atoms with Gasteiger partial charge in [0, 0.05) is 0 Å². The SMILES string of the molecule is CCC1=Cc2c(-c3cccc4ccccc34)cccc2[CH]1[Ti]([Cl])([Cl])([CH]1C(CC)=Cc2c(-c3cccc4ccccc34)cccc21)=[Si](C)C. The third-order valence-electron chi connectivity index (χ3n) is 11.3. The Labute approximate surface area is 293 Å². The molecule has 0 saturated heterocycles. The molecule has 48 heavy (non-hydrogen) atoms. The van der Waals surface area contributed by atoms with Crippen LogP contribution in [0.5, 0.6) is 0 Å². The molecule has 0 aromatic heterocycles. The van der Waals surface area contributed by atoms with Crippen molar-refractivity contribution in [3.8, 4) is 22.3 Å². The number of rotatable bonds is 6. The van der Waals surface area contributed by atoms with Gasteiger partial charge in [-0.3, -0.25) is 0 Å². The summed E-state index contributed by atoms with van der Waals surface area (Å²) in [7, 11) is 17.3. The van der Waals surface area contributed by atoms with Crippen molar-refractivity contribution in [3.05, 3.63) is 155 Å². The summed E-state index contributed by atoms with van der Waals surface area (Å²) in [5, 5.41) is 5.08. The first kappa shape index (κ1) is 32.1. The molecule has 0 radical (unpaired) electrons. The van der Waals surface area contributed by atoms with Crippen molar-refractivity contribution in [2.45, 2.75) is 48.2 Å². The number of hydrogen-bond donors (Lipinski definition) is 0. The second-order valence-electron chi connectivity index (χ2n) is 13.8. The molecule has 4 heteroatoms. The van der Waals surface area contributed by atoms with Crippen LogP contribution in [0.25, 0.3) is 56.0 Å². The molecule has 2 aliphatic carbocycles. The quantitative estimate of drug-likeness (QED) is 0.151. The number of halogens is 2. The Morgan fingerprint density at radius 1 is 0.500 bits per heavy atom. The summed E-state index contributed by atoms with van der Waals surface area (Å²) < 4.78 is 0.104. The Hall–Kier alpha value is -3.17. The predicted octanol–water partition coefficient (Wildman–Crippen LogP) is 14.0. The van der Waals surface area contributed by atoms with Crippen molar-refractivity contribution in [2.24, 2.45) is 0 Å². The third kappa shape index (κ3) is 4.66. The Balaban J connectivity index is 1.36. The van der Waals surface area contributed by atoms with Crippen molar-refractivity contribution in [1.82, 2.24) is 0 Å². The van der Waals surface area contributed by atoms with E-state index in [4.69, 9.17) is 18.6 Å². The van der Waals surface area contributed by atoms with E-state index in [9.17, 15) is 0 Å². The summed E-state index contributed by atoms with van der Waals surface area (Å²) in [5.74, 6) is 0. The van der Waals surface area contributed by atoms with Crippen LogP contribution in [0, 0.1) is 0 Å². The van der Waals surface area contributed by atoms with Gasteiger partial charge in [0.05, 0.1) is 0 Å². The van der Waals surface area contributed by atoms with E-state index in [1.807, 2.05) is 0 Å². The third-order valence-corrected chi connectivity index (χ3v) is 42.9. The van der Waals surface area contributed by atoms with Crippen LogP contribution in [0.2, 0.25) is 13.1 Å². The minimum absolute atomic E-state index is 0.0521. The van der Waals surface area contributed by atoms with Crippen molar-refractivity contribution in [2.75, 3.05) is 0 Å². The van der Waals surface area contributed by atoms with Gasteiger partial charge in [0.15, 0.2) is 0 Å². The Morgan fingerprint density at radius 2 is 0.875 bits per heavy atom. The maximum atomic E-state index is 8.65. The van der Waals surface area contributed by atoms with E-state index in [1.54, 1.807) is 0 Å². The minimum atomic E-state index is -4.59. The Morgan fingerprint density at radius 3 is 1.29 bits per heavy atom. The summed E-state index contributed by atoms with van der Waals surface area (Å²) >= 11 is -4.59. The van der Waals surface area contributed by atoms with Crippen LogP contribution in [-0.4, -0.2) is 6.19 Å². The molecule has 6 aromatic carbocycles. The number of allylic oxidation sites excluding steroid dienone is 2. The van der Waals surface area contributed by atoms with Gasteiger partial charge in [-0.2, -0.15) is 0 Å². The molecule has 0 amide bonds. The summed E-state index contributed by atoms with van der Waals surface area (Å²) in [4.78, 5) is 0. The van der Waals surface area contributed by atoms with Crippen LogP contribution >= 0.6 is 18.6 Å². The van der Waals surface area contributed by atoms with Crippen molar-refractivity contribution < 1.29 is 11.9 Å². The average molecular weight is 716 g/mol. The monoisotopic (exact) mass is 714 g/mol. The second kappa shape index (κ2) is 12.0. The molecule has 0 spiro atoms. The van der Waals surface area contributed by atoms with Crippen LogP contribution in [0.4, 0.5) is 0 Å². The standard InChI is InChI=1S/2C21H17.C2H6Si.2ClH.Ti/c2*1-2-15-13-17-9-6-12-20(21(17)14-15)19-11-5-8-16-7-3-4-10-18(16)19;1-3-2;;;/h2*3-14H,2H2,1H3;1-2H3;2*1H;/q;;;;;+2/p-2. The molecule has 0 heterocycles. The first-order valence-corrected chi connectivity index (χ1v) is 28.2. The van der Waals surface area contributed by atoms with Crippen LogP contribution in [0.15, 0.2) is 132 Å². The van der Waals surface area contributed by atoms with Crippen LogP contribution in [-0.2, 0) is 11.9 Å². The molecule has 6 aromatic rings. The fraction of sp³-hybridized carbons (Fsp3) is 0.182. The van der Waals surface area contributed by atoms with Crippen LogP contribution < -0.4 is 0 Å². The fourth-order valence-electron chi connectivity index (χ4n) is 8.93. The van der Waals surface area contributed by atoms with Gasteiger partial charge in [-0.15, -0.1) is 0 Å². The van der Waals surface area contributed by atoms with E-state index in [0.717, 1.165) is 12.8 Å². The first-order chi connectivity index (χ1) is 23.3. The molecule has 8 rings (SSSR count). The van der Waals surface area contributed by atoms with E-state index in [2.05, 4.69) is 160 Å². The molecular weight excluding hydrogens is 675 g/mol. The normalized spacial score (nSPS) is 17.3. The zero-order chi connectivity index (χ0) is 33.2. The summed E-state index contributed by atoms with van der Waals surface area (Å²) in [5.41, 5.74) is 13.2. The number of hydrogen-bond acceptors (Lipinski definition) is 0. The van der Waals surface area contributed by atoms with Gasteiger partial charge in [-0.05, 0) is 0 Å². The van der Waals surface area contributed by atoms with Gasteiger partial charge in [0.1, 0.15) is 0 Å². The Kier molecular flexibility index (Phi) is 8.02. The number of benzene rings is 6. The molecule has 0 aliphatic heterocycles. The van der Waals surface area contributed by atoms with Gasteiger partial charge in [-0.25, -0.2) is 0 Å². The summed E-state index contributed by atoms with van der Waals surface area (Å²) in [6.45, 7) is 9.39. The van der Waals surface area contributed by atoms with Gasteiger partial charge in [-0.1, -0.05) is 0 Å². The van der Waals surface area contributed by atoms with Crippen LogP contribution in [0.1, 0.15) is 57.4 Å². The molecule has 2 atom stereocenters. The Bertz CT molecular complexity index is 2250. The molecule has 0 N–H and O–H groups in total. The molecule has 0 saturated carbocycles. The summed E-state index contributed by atoms with van der Waals surface area (Å²) in [6.07, 6.45) is 5.61. The van der Waals surface area contributed by atoms with E-state index < -0.39 is 18.1 Å². The molecule has 2 unspecified atom stereocenters. The zero-order valence-electron chi connectivity index (χ0n) is 28.0. The molecular formula is C44H40Cl2SiTi. The van der Waals surface area contributed by atoms with Crippen LogP contribution in [0.3, 0.4) is 0 Å². The second-order valence-corrected chi connectivity index (χ2v) is 40.5. The van der Waals surface area contributed by atoms with Gasteiger partial charge < -0.3 is 0 Å². The van der Waals surface area contributed by atoms with Gasteiger partial charge >= 0.3 is 296 Å². The predicted molar refractivity (Wildman–Crippen MR) is 210 cm³/mol. The average Bonchev–Trinajstić information content (AvgIpc) is 3.71. The topological polar surface area (TPSA) is 0 Å². The summed E-state index contributed by atoms with van der Waals surface area (Å²) in [6, 6.07) is 44.5. The maximum absolute atomic E-state index is 8.65. The van der Waals surface area contributed by atoms with Crippen molar-refractivity contribution in [3.63, 3.8) is 0 Å². The fourth-order valence-corrected chi connectivity index (χ4v) is 28.7.